The summed E-state index contributed by atoms with van der Waals surface area (Å²) in [6.45, 7) is 0.834. The second kappa shape index (κ2) is 20.8. The van der Waals surface area contributed by atoms with Gasteiger partial charge in [0, 0.05) is 93.1 Å². The average molecular weight is 920 g/mol. The number of methoxy groups -OCH3 is 8. The van der Waals surface area contributed by atoms with E-state index in [2.05, 4.69) is 40.2 Å². The minimum absolute atomic E-state index is 0.374. The fourth-order valence-corrected chi connectivity index (χ4v) is 8.46. The SMILES string of the molecule is COc1cc2c(OC)cc1Cc1cc(OC)c(cc1OC)Cc1cc(OC)c(cc1OC)Cc1cc(OCCBr)c(cc1OCc1ccccc1)Cc1cc(OC)c(cc1OC)C2. The van der Waals surface area contributed by atoms with Gasteiger partial charge in [0.1, 0.15) is 64.1 Å². The van der Waals surface area contributed by atoms with E-state index in [4.69, 9.17) is 47.4 Å². The summed E-state index contributed by atoms with van der Waals surface area (Å²) in [7, 11) is 13.5. The Balaban J connectivity index is 1.47. The molecule has 0 saturated carbocycles. The third-order valence-electron chi connectivity index (χ3n) is 11.5. The maximum atomic E-state index is 6.71. The predicted octanol–water partition coefficient (Wildman–Crippen LogP) is 10.4. The molecule has 6 aromatic rings. The summed E-state index contributed by atoms with van der Waals surface area (Å²) in [5.74, 6) is 7.15. The molecule has 10 nitrogen and oxygen atoms in total. The van der Waals surface area contributed by atoms with E-state index in [0.717, 1.165) is 72.7 Å². The molecule has 6 aromatic carbocycles. The van der Waals surface area contributed by atoms with E-state index in [-0.39, 0.29) is 0 Å². The van der Waals surface area contributed by atoms with E-state index in [1.807, 2.05) is 66.7 Å². The van der Waals surface area contributed by atoms with Crippen molar-refractivity contribution in [1.82, 2.24) is 0 Å². The monoisotopic (exact) mass is 918 g/mol. The largest absolute Gasteiger partial charge is 0.496 e. The number of hydrogen-bond donors (Lipinski definition) is 0. The molecule has 0 radical (unpaired) electrons. The molecule has 0 amide bonds. The minimum Gasteiger partial charge on any atom is -0.496 e. The molecule has 0 aliphatic heterocycles. The normalized spacial score (nSPS) is 12.1. The van der Waals surface area contributed by atoms with Crippen LogP contribution in [-0.4, -0.2) is 68.8 Å². The Kier molecular flexibility index (Phi) is 14.8. The highest BCUT2D eigenvalue weighted by atomic mass is 79.9. The predicted molar refractivity (Wildman–Crippen MR) is 249 cm³/mol. The van der Waals surface area contributed by atoms with Crippen molar-refractivity contribution in [3.63, 3.8) is 0 Å². The van der Waals surface area contributed by atoms with Crippen LogP contribution in [0.3, 0.4) is 0 Å². The lowest BCUT2D eigenvalue weighted by Gasteiger charge is -2.21. The molecule has 330 valence electrons. The third kappa shape index (κ3) is 10.0. The van der Waals surface area contributed by atoms with Crippen molar-refractivity contribution < 1.29 is 47.4 Å². The lowest BCUT2D eigenvalue weighted by molar-refractivity contribution is 0.300. The van der Waals surface area contributed by atoms with Crippen LogP contribution in [0.5, 0.6) is 57.5 Å². The Morgan fingerprint density at radius 2 is 0.571 bits per heavy atom. The smallest absolute Gasteiger partial charge is 0.123 e. The number of rotatable bonds is 14. The van der Waals surface area contributed by atoms with Crippen LogP contribution in [0.2, 0.25) is 0 Å². The van der Waals surface area contributed by atoms with E-state index in [0.29, 0.717) is 96.6 Å². The fourth-order valence-electron chi connectivity index (χ4n) is 8.30. The Morgan fingerprint density at radius 3 is 0.825 bits per heavy atom. The number of benzene rings is 6. The highest BCUT2D eigenvalue weighted by Crippen LogP contribution is 2.42. The molecule has 0 fully saturated rings. The molecular weight excluding hydrogens is 864 g/mol. The molecule has 10 bridgehead atoms. The molecule has 0 spiro atoms. The van der Waals surface area contributed by atoms with Crippen LogP contribution in [0.15, 0.2) is 91.0 Å². The molecule has 10 aliphatic rings. The first-order valence-electron chi connectivity index (χ1n) is 20.7. The summed E-state index contributed by atoms with van der Waals surface area (Å²) in [6, 6.07) is 30.6. The van der Waals surface area contributed by atoms with Gasteiger partial charge in [-0.15, -0.1) is 0 Å². The van der Waals surface area contributed by atoms with E-state index in [1.165, 1.54) is 0 Å². The zero-order valence-corrected chi connectivity index (χ0v) is 38.9. The summed E-state index contributed by atoms with van der Waals surface area (Å²) in [6.07, 6.45) is 2.42. The quantitative estimate of drug-likeness (QED) is 0.0982. The first-order valence-corrected chi connectivity index (χ1v) is 21.8. The van der Waals surface area contributed by atoms with Crippen molar-refractivity contribution in [3.8, 4) is 57.5 Å². The molecule has 0 unspecified atom stereocenters. The van der Waals surface area contributed by atoms with Gasteiger partial charge >= 0.3 is 0 Å². The first-order chi connectivity index (χ1) is 30.8. The van der Waals surface area contributed by atoms with Gasteiger partial charge in [0.05, 0.1) is 63.5 Å². The Labute approximate surface area is 379 Å². The van der Waals surface area contributed by atoms with Crippen LogP contribution < -0.4 is 47.4 Å². The standard InChI is InChI=1S/C52H55BrO10/c1-54-43-23-35-17-37-25-49(60-7)39(27-47(37)58-5)19-41-30-52(63-31-32-12-10-9-11-13-32)42(29-51(41)62-15-14-53)20-40-28-48(59-6)38(26-50(40)61-8)18-36-24-44(55-2)34(22-46(36)57-4)16-33(43)21-45(35)56-3/h9-13,21-30H,14-20,31H2,1-8H3. The summed E-state index contributed by atoms with van der Waals surface area (Å²) >= 11 is 3.57. The van der Waals surface area contributed by atoms with Gasteiger partial charge < -0.3 is 47.4 Å². The van der Waals surface area contributed by atoms with Crippen molar-refractivity contribution in [1.29, 1.82) is 0 Å². The maximum absolute atomic E-state index is 6.71. The summed E-state index contributed by atoms with van der Waals surface area (Å²) < 4.78 is 61.8. The molecule has 16 rings (SSSR count). The van der Waals surface area contributed by atoms with E-state index in [1.54, 1.807) is 56.9 Å². The van der Waals surface area contributed by atoms with Crippen LogP contribution in [-0.2, 0) is 38.7 Å². The lowest BCUT2D eigenvalue weighted by Crippen LogP contribution is -2.07. The van der Waals surface area contributed by atoms with Gasteiger partial charge in [-0.2, -0.15) is 0 Å². The Bertz CT molecular complexity index is 2540. The van der Waals surface area contributed by atoms with Gasteiger partial charge in [-0.3, -0.25) is 0 Å². The number of hydrogen-bond acceptors (Lipinski definition) is 10. The van der Waals surface area contributed by atoms with Crippen LogP contribution >= 0.6 is 15.9 Å². The first kappa shape index (κ1) is 44.8. The van der Waals surface area contributed by atoms with Gasteiger partial charge in [0.15, 0.2) is 0 Å². The van der Waals surface area contributed by atoms with Crippen molar-refractivity contribution >= 4 is 15.9 Å². The van der Waals surface area contributed by atoms with E-state index < -0.39 is 0 Å². The fraction of sp³-hybridized carbons (Fsp3) is 0.308. The summed E-state index contributed by atoms with van der Waals surface area (Å²) in [5.41, 5.74) is 10.3. The zero-order chi connectivity index (χ0) is 44.5. The molecule has 0 saturated heterocycles. The van der Waals surface area contributed by atoms with Gasteiger partial charge in [0.2, 0.25) is 0 Å². The summed E-state index contributed by atoms with van der Waals surface area (Å²) in [4.78, 5) is 0. The van der Waals surface area contributed by atoms with Crippen molar-refractivity contribution in [2.75, 3.05) is 68.8 Å². The van der Waals surface area contributed by atoms with Crippen molar-refractivity contribution in [2.24, 2.45) is 0 Å². The van der Waals surface area contributed by atoms with Crippen LogP contribution in [0.1, 0.15) is 61.2 Å². The maximum Gasteiger partial charge on any atom is 0.123 e. The minimum atomic E-state index is 0.374. The molecule has 63 heavy (non-hydrogen) atoms. The van der Waals surface area contributed by atoms with Crippen molar-refractivity contribution in [3.05, 3.63) is 152 Å². The van der Waals surface area contributed by atoms with Crippen molar-refractivity contribution in [2.45, 2.75) is 38.7 Å². The molecule has 0 aromatic heterocycles. The van der Waals surface area contributed by atoms with Gasteiger partial charge in [-0.1, -0.05) is 46.3 Å². The van der Waals surface area contributed by atoms with Gasteiger partial charge in [0.25, 0.3) is 0 Å². The molecule has 0 atom stereocenters. The van der Waals surface area contributed by atoms with Crippen LogP contribution in [0, 0.1) is 0 Å². The highest BCUT2D eigenvalue weighted by molar-refractivity contribution is 9.09. The molecule has 0 N–H and O–H groups in total. The zero-order valence-electron chi connectivity index (χ0n) is 37.3. The van der Waals surface area contributed by atoms with Gasteiger partial charge in [-0.05, 0) is 66.2 Å². The van der Waals surface area contributed by atoms with E-state index >= 15 is 0 Å². The number of alkyl halides is 1. The molecule has 11 heteroatoms. The Hall–Kier alpha value is -6.20. The molecule has 10 aliphatic carbocycles. The topological polar surface area (TPSA) is 92.3 Å². The third-order valence-corrected chi connectivity index (χ3v) is 11.8. The van der Waals surface area contributed by atoms with Crippen LogP contribution in [0.4, 0.5) is 0 Å². The second-order valence-corrected chi connectivity index (χ2v) is 16.0. The summed E-state index contributed by atoms with van der Waals surface area (Å²) in [5, 5.41) is 0.654. The van der Waals surface area contributed by atoms with E-state index in [9.17, 15) is 0 Å². The lowest BCUT2D eigenvalue weighted by atomic mass is 9.94. The van der Waals surface area contributed by atoms with Crippen LogP contribution in [0.25, 0.3) is 0 Å². The number of ether oxygens (including phenoxy) is 10. The number of halogens is 1. The average Bonchev–Trinajstić information content (AvgIpc) is 3.31. The highest BCUT2D eigenvalue weighted by Gasteiger charge is 2.23. The molecular formula is C52H55BrO10. The Morgan fingerprint density at radius 1 is 0.333 bits per heavy atom. The molecule has 0 heterocycles. The second-order valence-electron chi connectivity index (χ2n) is 15.2. The van der Waals surface area contributed by atoms with Gasteiger partial charge in [-0.25, -0.2) is 0 Å².